The smallest absolute Gasteiger partial charge is 0.271 e. The van der Waals surface area contributed by atoms with Crippen molar-refractivity contribution in [1.82, 2.24) is 25.6 Å². The number of methoxy groups -OCH3 is 2. The summed E-state index contributed by atoms with van der Waals surface area (Å²) in [4.78, 5) is 12.3. The summed E-state index contributed by atoms with van der Waals surface area (Å²) in [5.41, 5.74) is 5.21. The lowest BCUT2D eigenvalue weighted by Gasteiger charge is -2.09. The molecule has 9 nitrogen and oxygen atoms in total. The Labute approximate surface area is 155 Å². The van der Waals surface area contributed by atoms with Gasteiger partial charge in [-0.3, -0.25) is 4.79 Å². The highest BCUT2D eigenvalue weighted by atomic mass is 16.5. The van der Waals surface area contributed by atoms with Gasteiger partial charge in [0.1, 0.15) is 6.33 Å². The zero-order valence-electron chi connectivity index (χ0n) is 15.1. The van der Waals surface area contributed by atoms with Crippen LogP contribution in [0.2, 0.25) is 0 Å². The molecule has 27 heavy (non-hydrogen) atoms. The van der Waals surface area contributed by atoms with Gasteiger partial charge in [0.25, 0.3) is 5.91 Å². The molecule has 3 rings (SSSR count). The molecule has 0 fully saturated rings. The molecule has 0 radical (unpaired) electrons. The Hall–Kier alpha value is -3.75. The lowest BCUT2D eigenvalue weighted by atomic mass is 10.1. The van der Waals surface area contributed by atoms with E-state index in [0.29, 0.717) is 22.8 Å². The molecule has 0 bridgehead atoms. The maximum atomic E-state index is 12.3. The van der Waals surface area contributed by atoms with Crippen molar-refractivity contribution >= 4 is 11.6 Å². The summed E-state index contributed by atoms with van der Waals surface area (Å²) in [7, 11) is 3.14. The van der Waals surface area contributed by atoms with E-state index in [1.54, 1.807) is 57.5 Å². The number of amides is 1. The molecule has 0 aliphatic heterocycles. The highest BCUT2D eigenvalue weighted by Gasteiger charge is 2.08. The summed E-state index contributed by atoms with van der Waals surface area (Å²) in [6.07, 6.45) is 1.48. The minimum atomic E-state index is -0.321. The maximum Gasteiger partial charge on any atom is 0.271 e. The normalized spacial score (nSPS) is 11.1. The van der Waals surface area contributed by atoms with Crippen LogP contribution < -0.4 is 14.9 Å². The molecule has 9 heteroatoms. The summed E-state index contributed by atoms with van der Waals surface area (Å²) in [6.45, 7) is 1.79. The highest BCUT2D eigenvalue weighted by Crippen LogP contribution is 2.27. The Morgan fingerprint density at radius 2 is 1.74 bits per heavy atom. The van der Waals surface area contributed by atoms with Gasteiger partial charge in [-0.2, -0.15) is 5.10 Å². The zero-order valence-corrected chi connectivity index (χ0v) is 15.1. The predicted molar refractivity (Wildman–Crippen MR) is 98.4 cm³/mol. The number of ether oxygens (including phenoxy) is 2. The van der Waals surface area contributed by atoms with E-state index in [1.807, 2.05) is 6.07 Å². The summed E-state index contributed by atoms with van der Waals surface area (Å²) < 4.78 is 12.0. The number of carbonyl (C=O) groups is 1. The molecule has 3 aromatic rings. The second kappa shape index (κ2) is 8.09. The molecule has 1 heterocycles. The molecule has 0 atom stereocenters. The van der Waals surface area contributed by atoms with E-state index in [4.69, 9.17) is 9.47 Å². The van der Waals surface area contributed by atoms with Gasteiger partial charge in [0.2, 0.25) is 0 Å². The first kappa shape index (κ1) is 18.1. The van der Waals surface area contributed by atoms with Gasteiger partial charge in [0.15, 0.2) is 11.5 Å². The Morgan fingerprint density at radius 1 is 1.04 bits per heavy atom. The van der Waals surface area contributed by atoms with E-state index in [0.717, 1.165) is 11.3 Å². The summed E-state index contributed by atoms with van der Waals surface area (Å²) >= 11 is 0. The van der Waals surface area contributed by atoms with Crippen molar-refractivity contribution in [2.45, 2.75) is 6.92 Å². The zero-order chi connectivity index (χ0) is 19.2. The fraction of sp³-hybridized carbons (Fsp3) is 0.167. The molecular formula is C18H18N6O3. The van der Waals surface area contributed by atoms with E-state index >= 15 is 0 Å². The van der Waals surface area contributed by atoms with E-state index in [2.05, 4.69) is 26.1 Å². The molecule has 1 amide bonds. The Balaban J connectivity index is 1.70. The van der Waals surface area contributed by atoms with Gasteiger partial charge in [0, 0.05) is 11.1 Å². The predicted octanol–water partition coefficient (Wildman–Crippen LogP) is 1.83. The number of aromatic nitrogens is 4. The summed E-state index contributed by atoms with van der Waals surface area (Å²) in [6, 6.07) is 12.3. The van der Waals surface area contributed by atoms with Crippen LogP contribution in [0.1, 0.15) is 22.8 Å². The molecule has 0 saturated heterocycles. The molecule has 0 unspecified atom stereocenters. The molecule has 0 saturated carbocycles. The molecule has 138 valence electrons. The minimum Gasteiger partial charge on any atom is -0.493 e. The van der Waals surface area contributed by atoms with Crippen LogP contribution in [0.15, 0.2) is 53.9 Å². The van der Waals surface area contributed by atoms with Gasteiger partial charge in [0.05, 0.1) is 25.6 Å². The highest BCUT2D eigenvalue weighted by molar-refractivity contribution is 6.01. The second-order valence-electron chi connectivity index (χ2n) is 5.51. The van der Waals surface area contributed by atoms with Crippen LogP contribution in [0.5, 0.6) is 11.5 Å². The van der Waals surface area contributed by atoms with Crippen LogP contribution in [0, 0.1) is 0 Å². The SMILES string of the molecule is COc1ccc(/C(C)=N/NC(=O)c2ccc(-n3cnnn3)cc2)cc1OC. The largest absolute Gasteiger partial charge is 0.493 e. The number of rotatable bonds is 6. The first-order valence-electron chi connectivity index (χ1n) is 8.03. The Bertz CT molecular complexity index is 952. The number of hydrogen-bond acceptors (Lipinski definition) is 7. The van der Waals surface area contributed by atoms with Gasteiger partial charge in [-0.15, -0.1) is 5.10 Å². The standard InChI is InChI=1S/C18H18N6O3/c1-12(14-6-9-16(26-2)17(10-14)27-3)20-21-18(25)13-4-7-15(8-5-13)24-11-19-22-23-24/h4-11H,1-3H3,(H,21,25)/b20-12+. The molecular weight excluding hydrogens is 348 g/mol. The van der Waals surface area contributed by atoms with E-state index in [9.17, 15) is 4.79 Å². The molecule has 0 aliphatic rings. The summed E-state index contributed by atoms with van der Waals surface area (Å²) in [5.74, 6) is 0.896. The van der Waals surface area contributed by atoms with Crippen molar-refractivity contribution in [2.75, 3.05) is 14.2 Å². The van der Waals surface area contributed by atoms with Gasteiger partial charge in [-0.05, 0) is 59.8 Å². The third-order valence-electron chi connectivity index (χ3n) is 3.87. The van der Waals surface area contributed by atoms with Crippen molar-refractivity contribution < 1.29 is 14.3 Å². The van der Waals surface area contributed by atoms with E-state index in [-0.39, 0.29) is 5.91 Å². The first-order valence-corrected chi connectivity index (χ1v) is 8.03. The number of nitrogens with zero attached hydrogens (tertiary/aromatic N) is 5. The van der Waals surface area contributed by atoms with Crippen LogP contribution >= 0.6 is 0 Å². The minimum absolute atomic E-state index is 0.321. The topological polar surface area (TPSA) is 104 Å². The molecule has 2 aromatic carbocycles. The second-order valence-corrected chi connectivity index (χ2v) is 5.51. The number of tetrazole rings is 1. The van der Waals surface area contributed by atoms with Crippen molar-refractivity contribution in [2.24, 2.45) is 5.10 Å². The van der Waals surface area contributed by atoms with Crippen LogP contribution in [-0.2, 0) is 0 Å². The van der Waals surface area contributed by atoms with Crippen LogP contribution in [-0.4, -0.2) is 46.0 Å². The van der Waals surface area contributed by atoms with Crippen molar-refractivity contribution in [1.29, 1.82) is 0 Å². The monoisotopic (exact) mass is 366 g/mol. The first-order chi connectivity index (χ1) is 13.1. The molecule has 1 N–H and O–H groups in total. The quantitative estimate of drug-likeness (QED) is 0.527. The molecule has 0 spiro atoms. The summed E-state index contributed by atoms with van der Waals surface area (Å²) in [5, 5.41) is 15.1. The number of hydrogen-bond donors (Lipinski definition) is 1. The lowest BCUT2D eigenvalue weighted by Crippen LogP contribution is -2.19. The number of benzene rings is 2. The van der Waals surface area contributed by atoms with E-state index in [1.165, 1.54) is 11.0 Å². The average Bonchev–Trinajstić information content (AvgIpc) is 3.26. The average molecular weight is 366 g/mol. The van der Waals surface area contributed by atoms with Gasteiger partial charge in [-0.1, -0.05) is 0 Å². The fourth-order valence-corrected chi connectivity index (χ4v) is 2.37. The molecule has 0 aliphatic carbocycles. The van der Waals surface area contributed by atoms with Crippen LogP contribution in [0.4, 0.5) is 0 Å². The fourth-order valence-electron chi connectivity index (χ4n) is 2.37. The third kappa shape index (κ3) is 4.09. The van der Waals surface area contributed by atoms with E-state index < -0.39 is 0 Å². The van der Waals surface area contributed by atoms with Gasteiger partial charge in [-0.25, -0.2) is 10.1 Å². The van der Waals surface area contributed by atoms with Crippen LogP contribution in [0.3, 0.4) is 0 Å². The van der Waals surface area contributed by atoms with Gasteiger partial charge < -0.3 is 9.47 Å². The Kier molecular flexibility index (Phi) is 5.41. The van der Waals surface area contributed by atoms with Gasteiger partial charge >= 0.3 is 0 Å². The molecule has 1 aromatic heterocycles. The number of hydrazone groups is 1. The number of nitrogens with one attached hydrogen (secondary N) is 1. The number of carbonyl (C=O) groups excluding carboxylic acids is 1. The van der Waals surface area contributed by atoms with Crippen molar-refractivity contribution in [3.8, 4) is 17.2 Å². The van der Waals surface area contributed by atoms with Crippen molar-refractivity contribution in [3.05, 3.63) is 59.9 Å². The lowest BCUT2D eigenvalue weighted by molar-refractivity contribution is 0.0955. The Morgan fingerprint density at radius 3 is 2.37 bits per heavy atom. The van der Waals surface area contributed by atoms with Crippen molar-refractivity contribution in [3.63, 3.8) is 0 Å². The third-order valence-corrected chi connectivity index (χ3v) is 3.87. The van der Waals surface area contributed by atoms with Crippen LogP contribution in [0.25, 0.3) is 5.69 Å². The maximum absolute atomic E-state index is 12.3.